The van der Waals surface area contributed by atoms with Crippen LogP contribution in [0, 0.1) is 11.8 Å². The van der Waals surface area contributed by atoms with Gasteiger partial charge in [-0.1, -0.05) is 65.3 Å². The SMILES string of the molecule is CCC1CCN(CC(C)Cc2ccc(C(C)(C)C)cc2)CC1. The first-order chi connectivity index (χ1) is 10.4. The molecule has 1 aromatic carbocycles. The van der Waals surface area contributed by atoms with Gasteiger partial charge in [0.1, 0.15) is 0 Å². The van der Waals surface area contributed by atoms with Gasteiger partial charge in [-0.25, -0.2) is 0 Å². The van der Waals surface area contributed by atoms with Gasteiger partial charge in [-0.15, -0.1) is 0 Å². The highest BCUT2D eigenvalue weighted by molar-refractivity contribution is 5.27. The lowest BCUT2D eigenvalue weighted by Gasteiger charge is -2.33. The number of likely N-dealkylation sites (tertiary alicyclic amines) is 1. The Morgan fingerprint density at radius 2 is 1.68 bits per heavy atom. The normalized spacial score (nSPS) is 19.3. The van der Waals surface area contributed by atoms with E-state index in [-0.39, 0.29) is 5.41 Å². The standard InChI is InChI=1S/C21H35N/c1-6-18-11-13-22(14-12-18)16-17(2)15-19-7-9-20(10-8-19)21(3,4)5/h7-10,17-18H,6,11-16H2,1-5H3. The molecule has 0 amide bonds. The molecule has 1 fully saturated rings. The quantitative estimate of drug-likeness (QED) is 0.714. The number of nitrogens with zero attached hydrogens (tertiary/aromatic N) is 1. The summed E-state index contributed by atoms with van der Waals surface area (Å²) in [6, 6.07) is 9.30. The molecule has 0 aromatic heterocycles. The minimum absolute atomic E-state index is 0.258. The van der Waals surface area contributed by atoms with Crippen LogP contribution >= 0.6 is 0 Å². The second kappa shape index (κ2) is 7.64. The summed E-state index contributed by atoms with van der Waals surface area (Å²) in [6.45, 7) is 15.5. The van der Waals surface area contributed by atoms with Crippen LogP contribution in [0.15, 0.2) is 24.3 Å². The zero-order chi connectivity index (χ0) is 16.2. The van der Waals surface area contributed by atoms with Crippen LogP contribution in [0.25, 0.3) is 0 Å². The Balaban J connectivity index is 1.81. The third-order valence-corrected chi connectivity index (χ3v) is 5.26. The Hall–Kier alpha value is -0.820. The average molecular weight is 302 g/mol. The van der Waals surface area contributed by atoms with Crippen LogP contribution in [0.2, 0.25) is 0 Å². The zero-order valence-electron chi connectivity index (χ0n) is 15.4. The fourth-order valence-electron chi connectivity index (χ4n) is 3.63. The van der Waals surface area contributed by atoms with Crippen LogP contribution in [0.4, 0.5) is 0 Å². The van der Waals surface area contributed by atoms with E-state index in [9.17, 15) is 0 Å². The molecule has 22 heavy (non-hydrogen) atoms. The summed E-state index contributed by atoms with van der Waals surface area (Å²) in [6.07, 6.45) is 5.38. The second-order valence-electron chi connectivity index (χ2n) is 8.41. The van der Waals surface area contributed by atoms with E-state index in [0.717, 1.165) is 11.8 Å². The topological polar surface area (TPSA) is 3.24 Å². The molecule has 0 bridgehead atoms. The maximum atomic E-state index is 2.68. The molecule has 0 saturated carbocycles. The molecule has 1 saturated heterocycles. The molecule has 0 N–H and O–H groups in total. The third-order valence-electron chi connectivity index (χ3n) is 5.26. The van der Waals surface area contributed by atoms with E-state index in [1.807, 2.05) is 0 Å². The first kappa shape index (κ1) is 17.5. The molecule has 2 rings (SSSR count). The van der Waals surface area contributed by atoms with Crippen molar-refractivity contribution in [3.63, 3.8) is 0 Å². The highest BCUT2D eigenvalue weighted by Gasteiger charge is 2.19. The lowest BCUT2D eigenvalue weighted by molar-refractivity contribution is 0.162. The van der Waals surface area contributed by atoms with Crippen LogP contribution in [0.5, 0.6) is 0 Å². The van der Waals surface area contributed by atoms with Crippen molar-refractivity contribution in [3.05, 3.63) is 35.4 Å². The zero-order valence-corrected chi connectivity index (χ0v) is 15.4. The predicted molar refractivity (Wildman–Crippen MR) is 97.5 cm³/mol. The van der Waals surface area contributed by atoms with Gasteiger partial charge < -0.3 is 4.90 Å². The van der Waals surface area contributed by atoms with Crippen molar-refractivity contribution in [2.45, 2.75) is 65.7 Å². The van der Waals surface area contributed by atoms with Gasteiger partial charge in [0.15, 0.2) is 0 Å². The Labute approximate surface area is 138 Å². The van der Waals surface area contributed by atoms with Crippen LogP contribution in [-0.2, 0) is 11.8 Å². The van der Waals surface area contributed by atoms with Crippen molar-refractivity contribution in [2.24, 2.45) is 11.8 Å². The van der Waals surface area contributed by atoms with Crippen LogP contribution in [-0.4, -0.2) is 24.5 Å². The molecule has 1 heterocycles. The molecule has 1 unspecified atom stereocenters. The van der Waals surface area contributed by atoms with Gasteiger partial charge in [0.2, 0.25) is 0 Å². The van der Waals surface area contributed by atoms with Crippen molar-refractivity contribution in [2.75, 3.05) is 19.6 Å². The van der Waals surface area contributed by atoms with E-state index < -0.39 is 0 Å². The van der Waals surface area contributed by atoms with E-state index >= 15 is 0 Å². The van der Waals surface area contributed by atoms with Crippen molar-refractivity contribution in [1.82, 2.24) is 4.90 Å². The largest absolute Gasteiger partial charge is 0.303 e. The lowest BCUT2D eigenvalue weighted by Crippen LogP contribution is -2.36. The maximum Gasteiger partial charge on any atom is 0.00102 e. The van der Waals surface area contributed by atoms with Crippen molar-refractivity contribution in [1.29, 1.82) is 0 Å². The summed E-state index contributed by atoms with van der Waals surface area (Å²) >= 11 is 0. The second-order valence-corrected chi connectivity index (χ2v) is 8.41. The smallest absolute Gasteiger partial charge is 0.00102 e. The van der Waals surface area contributed by atoms with Crippen LogP contribution in [0.1, 0.15) is 65.0 Å². The molecule has 1 heteroatoms. The number of benzene rings is 1. The molecule has 1 aromatic rings. The molecule has 0 spiro atoms. The first-order valence-corrected chi connectivity index (χ1v) is 9.20. The Morgan fingerprint density at radius 3 is 2.18 bits per heavy atom. The minimum Gasteiger partial charge on any atom is -0.303 e. The fraction of sp³-hybridized carbons (Fsp3) is 0.714. The van der Waals surface area contributed by atoms with E-state index in [1.165, 1.54) is 56.4 Å². The molecule has 0 radical (unpaired) electrons. The van der Waals surface area contributed by atoms with E-state index in [0.29, 0.717) is 0 Å². The van der Waals surface area contributed by atoms with Gasteiger partial charge in [-0.2, -0.15) is 0 Å². The van der Waals surface area contributed by atoms with Gasteiger partial charge in [0.25, 0.3) is 0 Å². The van der Waals surface area contributed by atoms with E-state index in [4.69, 9.17) is 0 Å². The van der Waals surface area contributed by atoms with Crippen LogP contribution < -0.4 is 0 Å². The molecule has 1 atom stereocenters. The summed E-state index contributed by atoms with van der Waals surface area (Å²) in [7, 11) is 0. The summed E-state index contributed by atoms with van der Waals surface area (Å²) in [5, 5.41) is 0. The maximum absolute atomic E-state index is 2.68. The van der Waals surface area contributed by atoms with Gasteiger partial charge >= 0.3 is 0 Å². The summed E-state index contributed by atoms with van der Waals surface area (Å²) < 4.78 is 0. The third kappa shape index (κ3) is 5.12. The summed E-state index contributed by atoms with van der Waals surface area (Å²) in [5.41, 5.74) is 3.18. The number of rotatable bonds is 5. The Kier molecular flexibility index (Phi) is 6.09. The minimum atomic E-state index is 0.258. The van der Waals surface area contributed by atoms with Crippen molar-refractivity contribution < 1.29 is 0 Å². The molecule has 1 aliphatic rings. The van der Waals surface area contributed by atoms with Gasteiger partial charge in [0.05, 0.1) is 0 Å². The Bertz CT molecular complexity index is 432. The molecule has 1 nitrogen and oxygen atoms in total. The first-order valence-electron chi connectivity index (χ1n) is 9.20. The molecular formula is C21H35N. The fourth-order valence-corrected chi connectivity index (χ4v) is 3.63. The summed E-state index contributed by atoms with van der Waals surface area (Å²) in [4.78, 5) is 2.68. The number of piperidine rings is 1. The van der Waals surface area contributed by atoms with Gasteiger partial charge in [0, 0.05) is 6.54 Å². The average Bonchev–Trinajstić information content (AvgIpc) is 2.47. The van der Waals surface area contributed by atoms with Crippen molar-refractivity contribution in [3.8, 4) is 0 Å². The lowest BCUT2D eigenvalue weighted by atomic mass is 9.86. The molecule has 1 aliphatic heterocycles. The van der Waals surface area contributed by atoms with Gasteiger partial charge in [-0.3, -0.25) is 0 Å². The highest BCUT2D eigenvalue weighted by atomic mass is 15.1. The summed E-state index contributed by atoms with van der Waals surface area (Å²) in [5.74, 6) is 1.73. The Morgan fingerprint density at radius 1 is 1.09 bits per heavy atom. The number of hydrogen-bond acceptors (Lipinski definition) is 1. The number of hydrogen-bond donors (Lipinski definition) is 0. The van der Waals surface area contributed by atoms with Crippen molar-refractivity contribution >= 4 is 0 Å². The monoisotopic (exact) mass is 301 g/mol. The van der Waals surface area contributed by atoms with Crippen LogP contribution in [0.3, 0.4) is 0 Å². The predicted octanol–water partition coefficient (Wildman–Crippen LogP) is 5.28. The molecule has 124 valence electrons. The van der Waals surface area contributed by atoms with E-state index in [2.05, 4.69) is 63.8 Å². The van der Waals surface area contributed by atoms with E-state index in [1.54, 1.807) is 0 Å². The molecular weight excluding hydrogens is 266 g/mol. The molecule has 0 aliphatic carbocycles. The highest BCUT2D eigenvalue weighted by Crippen LogP contribution is 2.24. The van der Waals surface area contributed by atoms with Gasteiger partial charge in [-0.05, 0) is 60.7 Å².